The summed E-state index contributed by atoms with van der Waals surface area (Å²) >= 11 is 0. The Labute approximate surface area is 195 Å². The van der Waals surface area contributed by atoms with Crippen LogP contribution in [-0.4, -0.2) is 65.5 Å². The number of halogens is 1. The lowest BCUT2D eigenvalue weighted by molar-refractivity contribution is 0.371. The number of guanidine groups is 1. The quantitative estimate of drug-likeness (QED) is 0.368. The third-order valence-corrected chi connectivity index (χ3v) is 5.64. The molecule has 0 atom stereocenters. The van der Waals surface area contributed by atoms with E-state index < -0.39 is 0 Å². The number of rotatable bonds is 5. The number of aromatic nitrogens is 3. The molecule has 1 aromatic heterocycles. The van der Waals surface area contributed by atoms with Crippen LogP contribution in [0.2, 0.25) is 0 Å². The van der Waals surface area contributed by atoms with Gasteiger partial charge in [0, 0.05) is 57.4 Å². The molecular formula is C21H32IN7O. The first-order chi connectivity index (χ1) is 14.3. The van der Waals surface area contributed by atoms with Crippen molar-refractivity contribution in [1.29, 1.82) is 0 Å². The van der Waals surface area contributed by atoms with Gasteiger partial charge in [0.1, 0.15) is 18.1 Å². The predicted octanol–water partition coefficient (Wildman–Crippen LogP) is 2.53. The Bertz CT molecular complexity index is 846. The first kappa shape index (κ1) is 22.6. The molecule has 1 N–H and O–H groups in total. The van der Waals surface area contributed by atoms with E-state index in [4.69, 9.17) is 9.73 Å². The van der Waals surface area contributed by atoms with Crippen LogP contribution in [0.4, 0.5) is 5.69 Å². The Morgan fingerprint density at radius 2 is 1.97 bits per heavy atom. The fourth-order valence-electron chi connectivity index (χ4n) is 4.04. The first-order valence-corrected chi connectivity index (χ1v) is 10.6. The summed E-state index contributed by atoms with van der Waals surface area (Å²) in [6.07, 6.45) is 3.44. The largest absolute Gasteiger partial charge is 0.497 e. The molecule has 2 aliphatic heterocycles. The van der Waals surface area contributed by atoms with Crippen LogP contribution in [0.15, 0.2) is 29.3 Å². The minimum Gasteiger partial charge on any atom is -0.497 e. The minimum absolute atomic E-state index is 0. The SMILES string of the molecule is CCNC(=NCc1nnc2n1CCCC2)N1CCN(c2cccc(OC)c2)CC1.I. The minimum atomic E-state index is 0. The van der Waals surface area contributed by atoms with E-state index in [1.54, 1.807) is 7.11 Å². The molecule has 0 aliphatic carbocycles. The number of ether oxygens (including phenoxy) is 1. The number of nitrogens with one attached hydrogen (secondary N) is 1. The summed E-state index contributed by atoms with van der Waals surface area (Å²) in [5, 5.41) is 12.2. The fourth-order valence-corrected chi connectivity index (χ4v) is 4.04. The molecule has 2 aromatic rings. The lowest BCUT2D eigenvalue weighted by atomic mass is 10.2. The van der Waals surface area contributed by atoms with Crippen molar-refractivity contribution in [3.05, 3.63) is 35.9 Å². The second-order valence-corrected chi connectivity index (χ2v) is 7.49. The van der Waals surface area contributed by atoms with E-state index >= 15 is 0 Å². The molecule has 1 saturated heterocycles. The molecule has 0 amide bonds. The summed E-state index contributed by atoms with van der Waals surface area (Å²) in [5.41, 5.74) is 1.21. The second kappa shape index (κ2) is 10.8. The number of aryl methyl sites for hydroxylation is 1. The van der Waals surface area contributed by atoms with Gasteiger partial charge in [-0.3, -0.25) is 0 Å². The van der Waals surface area contributed by atoms with Gasteiger partial charge < -0.3 is 24.4 Å². The Morgan fingerprint density at radius 3 is 2.73 bits per heavy atom. The number of nitrogens with zero attached hydrogens (tertiary/aromatic N) is 6. The molecule has 0 spiro atoms. The maximum absolute atomic E-state index is 5.36. The van der Waals surface area contributed by atoms with E-state index in [0.717, 1.165) is 69.0 Å². The lowest BCUT2D eigenvalue weighted by Gasteiger charge is -2.37. The number of hydrogen-bond donors (Lipinski definition) is 1. The van der Waals surface area contributed by atoms with Crippen LogP contribution in [-0.2, 0) is 19.5 Å². The van der Waals surface area contributed by atoms with Gasteiger partial charge in [0.2, 0.25) is 0 Å². The van der Waals surface area contributed by atoms with Crippen LogP contribution in [0.5, 0.6) is 5.75 Å². The fraction of sp³-hybridized carbons (Fsp3) is 0.571. The molecule has 2 aliphatic rings. The summed E-state index contributed by atoms with van der Waals surface area (Å²) in [4.78, 5) is 9.62. The monoisotopic (exact) mass is 525 g/mol. The molecule has 4 rings (SSSR count). The van der Waals surface area contributed by atoms with Gasteiger partial charge in [-0.25, -0.2) is 4.99 Å². The van der Waals surface area contributed by atoms with E-state index in [9.17, 15) is 0 Å². The van der Waals surface area contributed by atoms with Crippen molar-refractivity contribution in [2.24, 2.45) is 4.99 Å². The molecule has 0 bridgehead atoms. The number of methoxy groups -OCH3 is 1. The van der Waals surface area contributed by atoms with Gasteiger partial charge >= 0.3 is 0 Å². The van der Waals surface area contributed by atoms with Crippen molar-refractivity contribution >= 4 is 35.6 Å². The zero-order valence-electron chi connectivity index (χ0n) is 17.9. The highest BCUT2D eigenvalue weighted by Crippen LogP contribution is 2.22. The van der Waals surface area contributed by atoms with Crippen molar-refractivity contribution in [2.75, 3.05) is 44.7 Å². The first-order valence-electron chi connectivity index (χ1n) is 10.6. The van der Waals surface area contributed by atoms with Gasteiger partial charge in [-0.05, 0) is 31.9 Å². The van der Waals surface area contributed by atoms with E-state index in [-0.39, 0.29) is 24.0 Å². The second-order valence-electron chi connectivity index (χ2n) is 7.49. The van der Waals surface area contributed by atoms with Gasteiger partial charge in [0.15, 0.2) is 11.8 Å². The van der Waals surface area contributed by atoms with Crippen molar-refractivity contribution in [3.63, 3.8) is 0 Å². The average Bonchev–Trinajstić information content (AvgIpc) is 3.20. The van der Waals surface area contributed by atoms with Crippen molar-refractivity contribution < 1.29 is 4.74 Å². The zero-order valence-corrected chi connectivity index (χ0v) is 20.2. The summed E-state index contributed by atoms with van der Waals surface area (Å²) in [5.74, 6) is 3.95. The third-order valence-electron chi connectivity index (χ3n) is 5.64. The molecule has 3 heterocycles. The highest BCUT2D eigenvalue weighted by molar-refractivity contribution is 14.0. The van der Waals surface area contributed by atoms with Gasteiger partial charge in [-0.15, -0.1) is 34.2 Å². The molecular weight excluding hydrogens is 493 g/mol. The standard InChI is InChI=1S/C21H31N7O.HI/c1-3-22-21(23-16-20-25-24-19-9-4-5-10-28(19)20)27-13-11-26(12-14-27)17-7-6-8-18(15-17)29-2;/h6-8,15H,3-5,9-14,16H2,1-2H3,(H,22,23);1H. The third kappa shape index (κ3) is 5.16. The summed E-state index contributed by atoms with van der Waals surface area (Å²) < 4.78 is 7.61. The molecule has 0 unspecified atom stereocenters. The van der Waals surface area contributed by atoms with Gasteiger partial charge in [0.05, 0.1) is 7.11 Å². The van der Waals surface area contributed by atoms with Crippen LogP contribution in [0.3, 0.4) is 0 Å². The van der Waals surface area contributed by atoms with Crippen LogP contribution in [0, 0.1) is 0 Å². The topological polar surface area (TPSA) is 70.8 Å². The summed E-state index contributed by atoms with van der Waals surface area (Å²) in [6.45, 7) is 8.33. The maximum Gasteiger partial charge on any atom is 0.194 e. The Balaban J connectivity index is 0.00000256. The van der Waals surface area contributed by atoms with Gasteiger partial charge in [-0.2, -0.15) is 0 Å². The molecule has 1 aromatic carbocycles. The molecule has 164 valence electrons. The van der Waals surface area contributed by atoms with Gasteiger partial charge in [0.25, 0.3) is 0 Å². The zero-order chi connectivity index (χ0) is 20.1. The van der Waals surface area contributed by atoms with Crippen LogP contribution < -0.4 is 15.0 Å². The summed E-state index contributed by atoms with van der Waals surface area (Å²) in [7, 11) is 1.71. The van der Waals surface area contributed by atoms with Crippen LogP contribution in [0.25, 0.3) is 0 Å². The van der Waals surface area contributed by atoms with Crippen LogP contribution in [0.1, 0.15) is 31.4 Å². The van der Waals surface area contributed by atoms with Gasteiger partial charge in [-0.1, -0.05) is 6.07 Å². The molecule has 0 radical (unpaired) electrons. The Morgan fingerprint density at radius 1 is 1.13 bits per heavy atom. The van der Waals surface area contributed by atoms with Crippen LogP contribution >= 0.6 is 24.0 Å². The highest BCUT2D eigenvalue weighted by atomic mass is 127. The Kier molecular flexibility index (Phi) is 8.17. The average molecular weight is 525 g/mol. The highest BCUT2D eigenvalue weighted by Gasteiger charge is 2.21. The Hall–Kier alpha value is -2.04. The maximum atomic E-state index is 5.36. The summed E-state index contributed by atoms with van der Waals surface area (Å²) in [6, 6.07) is 8.28. The molecule has 9 heteroatoms. The van der Waals surface area contributed by atoms with E-state index in [2.05, 4.69) is 48.9 Å². The molecule has 8 nitrogen and oxygen atoms in total. The number of benzene rings is 1. The van der Waals surface area contributed by atoms with E-state index in [1.807, 2.05) is 12.1 Å². The smallest absolute Gasteiger partial charge is 0.194 e. The van der Waals surface area contributed by atoms with Crippen molar-refractivity contribution in [3.8, 4) is 5.75 Å². The predicted molar refractivity (Wildman–Crippen MR) is 130 cm³/mol. The van der Waals surface area contributed by atoms with Crippen molar-refractivity contribution in [1.82, 2.24) is 25.0 Å². The number of hydrogen-bond acceptors (Lipinski definition) is 5. The van der Waals surface area contributed by atoms with E-state index in [0.29, 0.717) is 6.54 Å². The number of anilines is 1. The lowest BCUT2D eigenvalue weighted by Crippen LogP contribution is -2.52. The van der Waals surface area contributed by atoms with Crippen molar-refractivity contribution in [2.45, 2.75) is 39.3 Å². The number of fused-ring (bicyclic) bond motifs is 1. The number of piperazine rings is 1. The molecule has 30 heavy (non-hydrogen) atoms. The molecule has 0 saturated carbocycles. The van der Waals surface area contributed by atoms with E-state index in [1.165, 1.54) is 18.5 Å². The molecule has 1 fully saturated rings. The normalized spacial score (nSPS) is 16.7. The number of aliphatic imine (C=N–C) groups is 1.